The Morgan fingerprint density at radius 3 is 2.47 bits per heavy atom. The third-order valence-corrected chi connectivity index (χ3v) is 6.77. The van der Waals surface area contributed by atoms with Gasteiger partial charge in [0, 0.05) is 31.1 Å². The molecule has 5 rings (SSSR count). The Kier molecular flexibility index (Phi) is 7.28. The van der Waals surface area contributed by atoms with Crippen LogP contribution in [0.1, 0.15) is 5.82 Å². The molecule has 0 N–H and O–H groups in total. The van der Waals surface area contributed by atoms with E-state index in [0.29, 0.717) is 6.61 Å². The Bertz CT molecular complexity index is 1220. The first kappa shape index (κ1) is 22.7. The molecule has 0 atom stereocenters. The van der Waals surface area contributed by atoms with E-state index in [4.69, 9.17) is 14.2 Å². The van der Waals surface area contributed by atoms with Crippen molar-refractivity contribution in [3.05, 3.63) is 72.6 Å². The summed E-state index contributed by atoms with van der Waals surface area (Å²) in [5.41, 5.74) is 0.983. The molecule has 0 amide bonds. The topological polar surface area (TPSA) is 61.6 Å². The normalized spacial score (nSPS) is 14.4. The van der Waals surface area contributed by atoms with Gasteiger partial charge in [0.15, 0.2) is 11.0 Å². The highest BCUT2D eigenvalue weighted by atomic mass is 32.2. The second-order valence-corrected chi connectivity index (χ2v) is 9.09. The number of ether oxygens (including phenoxy) is 3. The average Bonchev–Trinajstić information content (AvgIpc) is 3.30. The van der Waals surface area contributed by atoms with Gasteiger partial charge in [-0.25, -0.2) is 0 Å². The summed E-state index contributed by atoms with van der Waals surface area (Å²) >= 11 is 1.71. The highest BCUT2D eigenvalue weighted by Crippen LogP contribution is 2.26. The van der Waals surface area contributed by atoms with Gasteiger partial charge in [0.2, 0.25) is 0 Å². The second kappa shape index (κ2) is 10.9. The maximum Gasteiger partial charge on any atom is 0.195 e. The fourth-order valence-corrected chi connectivity index (χ4v) is 4.94. The third kappa shape index (κ3) is 5.35. The van der Waals surface area contributed by atoms with Crippen molar-refractivity contribution < 1.29 is 14.2 Å². The zero-order valence-corrected chi connectivity index (χ0v) is 20.0. The largest absolute Gasteiger partial charge is 0.497 e. The molecule has 0 aliphatic carbocycles. The zero-order valence-electron chi connectivity index (χ0n) is 19.2. The lowest BCUT2D eigenvalue weighted by Crippen LogP contribution is -2.37. The number of methoxy groups -OCH3 is 1. The molecule has 0 spiro atoms. The number of thioether (sulfide) groups is 1. The quantitative estimate of drug-likeness (QED) is 0.331. The molecule has 1 aliphatic heterocycles. The molecule has 1 saturated heterocycles. The maximum absolute atomic E-state index is 6.14. The van der Waals surface area contributed by atoms with Crippen LogP contribution in [-0.4, -0.2) is 65.4 Å². The van der Waals surface area contributed by atoms with E-state index in [0.717, 1.165) is 72.2 Å². The Labute approximate surface area is 203 Å². The van der Waals surface area contributed by atoms with Gasteiger partial charge in [-0.1, -0.05) is 42.1 Å². The Balaban J connectivity index is 1.34. The summed E-state index contributed by atoms with van der Waals surface area (Å²) in [6, 6.07) is 22.3. The molecule has 34 heavy (non-hydrogen) atoms. The predicted molar refractivity (Wildman–Crippen MR) is 134 cm³/mol. The van der Waals surface area contributed by atoms with Crippen molar-refractivity contribution in [3.63, 3.8) is 0 Å². The molecular formula is C26H28N4O3S. The van der Waals surface area contributed by atoms with Crippen LogP contribution in [0.3, 0.4) is 0 Å². The van der Waals surface area contributed by atoms with Gasteiger partial charge >= 0.3 is 0 Å². The third-order valence-electron chi connectivity index (χ3n) is 5.86. The molecule has 1 aromatic heterocycles. The summed E-state index contributed by atoms with van der Waals surface area (Å²) in [7, 11) is 1.67. The minimum absolute atomic E-state index is 0.321. The lowest BCUT2D eigenvalue weighted by molar-refractivity contribution is 0.0410. The van der Waals surface area contributed by atoms with E-state index in [9.17, 15) is 0 Å². The molecule has 4 aromatic rings. The Morgan fingerprint density at radius 1 is 0.912 bits per heavy atom. The standard InChI is InChI=1S/C26H28N4O3S/c1-31-23-10-7-22(8-11-23)30-25(19-33-24-9-6-20-4-2-3-5-21(20)18-24)27-28-26(30)34-17-14-29-12-15-32-16-13-29/h2-11,18H,12-17,19H2,1H3. The Hall–Kier alpha value is -3.07. The van der Waals surface area contributed by atoms with Crippen LogP contribution in [0.2, 0.25) is 0 Å². The van der Waals surface area contributed by atoms with Crippen LogP contribution >= 0.6 is 11.8 Å². The molecule has 0 unspecified atom stereocenters. The van der Waals surface area contributed by atoms with Crippen LogP contribution in [-0.2, 0) is 11.3 Å². The average molecular weight is 477 g/mol. The molecule has 2 heterocycles. The number of hydrogen-bond acceptors (Lipinski definition) is 7. The number of morpholine rings is 1. The van der Waals surface area contributed by atoms with E-state index in [1.807, 2.05) is 42.5 Å². The van der Waals surface area contributed by atoms with Crippen LogP contribution in [0.5, 0.6) is 11.5 Å². The van der Waals surface area contributed by atoms with Gasteiger partial charge in [-0.05, 0) is 47.2 Å². The van der Waals surface area contributed by atoms with Gasteiger partial charge in [-0.2, -0.15) is 0 Å². The summed E-state index contributed by atoms with van der Waals surface area (Å²) in [4.78, 5) is 2.42. The monoisotopic (exact) mass is 476 g/mol. The number of hydrogen-bond donors (Lipinski definition) is 0. The highest BCUT2D eigenvalue weighted by molar-refractivity contribution is 7.99. The highest BCUT2D eigenvalue weighted by Gasteiger charge is 2.17. The van der Waals surface area contributed by atoms with Crippen LogP contribution < -0.4 is 9.47 Å². The van der Waals surface area contributed by atoms with Crippen LogP contribution in [0.4, 0.5) is 0 Å². The number of aromatic nitrogens is 3. The van der Waals surface area contributed by atoms with Gasteiger partial charge in [0.25, 0.3) is 0 Å². The van der Waals surface area contributed by atoms with Gasteiger partial charge in [-0.15, -0.1) is 10.2 Å². The molecule has 1 aliphatic rings. The van der Waals surface area contributed by atoms with Crippen LogP contribution in [0, 0.1) is 0 Å². The predicted octanol–water partition coefficient (Wildman–Crippen LogP) is 4.43. The molecule has 1 fully saturated rings. The van der Waals surface area contributed by atoms with E-state index in [-0.39, 0.29) is 0 Å². The van der Waals surface area contributed by atoms with Gasteiger partial charge in [0.1, 0.15) is 18.1 Å². The van der Waals surface area contributed by atoms with Crippen LogP contribution in [0.15, 0.2) is 71.9 Å². The number of fused-ring (bicyclic) bond motifs is 1. The minimum Gasteiger partial charge on any atom is -0.497 e. The van der Waals surface area contributed by atoms with E-state index in [2.05, 4.69) is 43.9 Å². The van der Waals surface area contributed by atoms with Crippen molar-refractivity contribution in [1.29, 1.82) is 0 Å². The molecule has 0 bridgehead atoms. The lowest BCUT2D eigenvalue weighted by Gasteiger charge is -2.26. The molecular weight excluding hydrogens is 448 g/mol. The van der Waals surface area contributed by atoms with Crippen molar-refractivity contribution in [2.45, 2.75) is 11.8 Å². The minimum atomic E-state index is 0.321. The van der Waals surface area contributed by atoms with Crippen molar-refractivity contribution in [2.75, 3.05) is 45.7 Å². The maximum atomic E-state index is 6.14. The lowest BCUT2D eigenvalue weighted by atomic mass is 10.1. The van der Waals surface area contributed by atoms with E-state index >= 15 is 0 Å². The second-order valence-electron chi connectivity index (χ2n) is 8.03. The fraction of sp³-hybridized carbons (Fsp3) is 0.308. The summed E-state index contributed by atoms with van der Waals surface area (Å²) in [5.74, 6) is 3.31. The number of rotatable bonds is 9. The van der Waals surface area contributed by atoms with Crippen molar-refractivity contribution >= 4 is 22.5 Å². The first-order valence-corrected chi connectivity index (χ1v) is 12.4. The fourth-order valence-electron chi connectivity index (χ4n) is 3.97. The number of nitrogens with zero attached hydrogens (tertiary/aromatic N) is 4. The molecule has 8 heteroatoms. The van der Waals surface area contributed by atoms with E-state index in [1.54, 1.807) is 18.9 Å². The van der Waals surface area contributed by atoms with Gasteiger partial charge < -0.3 is 14.2 Å². The summed E-state index contributed by atoms with van der Waals surface area (Å²) < 4.78 is 19.0. The van der Waals surface area contributed by atoms with Gasteiger partial charge in [-0.3, -0.25) is 9.47 Å². The van der Waals surface area contributed by atoms with E-state index in [1.165, 1.54) is 5.39 Å². The smallest absolute Gasteiger partial charge is 0.195 e. The van der Waals surface area contributed by atoms with Crippen molar-refractivity contribution in [3.8, 4) is 17.2 Å². The summed E-state index contributed by atoms with van der Waals surface area (Å²) in [5, 5.41) is 12.2. The Morgan fingerprint density at radius 2 is 1.68 bits per heavy atom. The summed E-state index contributed by atoms with van der Waals surface area (Å²) in [6.07, 6.45) is 0. The molecule has 3 aromatic carbocycles. The van der Waals surface area contributed by atoms with Crippen molar-refractivity contribution in [1.82, 2.24) is 19.7 Å². The van der Waals surface area contributed by atoms with Crippen LogP contribution in [0.25, 0.3) is 16.5 Å². The SMILES string of the molecule is COc1ccc(-n2c(COc3ccc4ccccc4c3)nnc2SCCN2CCOCC2)cc1. The van der Waals surface area contributed by atoms with E-state index < -0.39 is 0 Å². The molecule has 0 radical (unpaired) electrons. The zero-order chi connectivity index (χ0) is 23.2. The van der Waals surface area contributed by atoms with Crippen molar-refractivity contribution in [2.24, 2.45) is 0 Å². The molecule has 0 saturated carbocycles. The molecule has 7 nitrogen and oxygen atoms in total. The molecule has 176 valence electrons. The number of benzene rings is 3. The first-order chi connectivity index (χ1) is 16.8. The summed E-state index contributed by atoms with van der Waals surface area (Å²) in [6.45, 7) is 4.90. The van der Waals surface area contributed by atoms with Gasteiger partial charge in [0.05, 0.1) is 20.3 Å². The first-order valence-electron chi connectivity index (χ1n) is 11.4.